The Morgan fingerprint density at radius 3 is 2.46 bits per heavy atom. The fourth-order valence-electron chi connectivity index (χ4n) is 2.41. The molecule has 2 rings (SSSR count). The van der Waals surface area contributed by atoms with Crippen LogP contribution in [-0.4, -0.2) is 11.9 Å². The minimum absolute atomic E-state index is 0.204. The molecule has 3 N–H and O–H groups in total. The van der Waals surface area contributed by atoms with Gasteiger partial charge in [0.2, 0.25) is 5.91 Å². The molecule has 128 valence electrons. The highest BCUT2D eigenvalue weighted by molar-refractivity contribution is 6.33. The summed E-state index contributed by atoms with van der Waals surface area (Å²) in [6.07, 6.45) is 0. The molecule has 1 aromatic heterocycles. The summed E-state index contributed by atoms with van der Waals surface area (Å²) in [5.41, 5.74) is 1.89. The highest BCUT2D eigenvalue weighted by atomic mass is 35.5. The lowest BCUT2D eigenvalue weighted by Gasteiger charge is -2.15. The minimum Gasteiger partial charge on any atom is -0.466 e. The number of urea groups is 1. The quantitative estimate of drug-likeness (QED) is 0.765. The maximum atomic E-state index is 12.2. The molecule has 0 radical (unpaired) electrons. The number of carbonyl (C=O) groups excluding carboxylic acids is 2. The van der Waals surface area contributed by atoms with E-state index < -0.39 is 0 Å². The SMILES string of the molecule is CC(=O)Nc1cc(NC(=O)N[C@H](C)c2cc(C)oc2C)ccc1Cl. The largest absolute Gasteiger partial charge is 0.466 e. The molecule has 0 unspecified atom stereocenters. The number of furan rings is 1. The molecule has 3 amide bonds. The molecular formula is C17H20ClN3O3. The Hall–Kier alpha value is -2.47. The monoisotopic (exact) mass is 349 g/mol. The lowest BCUT2D eigenvalue weighted by molar-refractivity contribution is -0.114. The van der Waals surface area contributed by atoms with Crippen molar-refractivity contribution in [3.05, 3.63) is 46.4 Å². The Morgan fingerprint density at radius 2 is 1.88 bits per heavy atom. The summed E-state index contributed by atoms with van der Waals surface area (Å²) in [5, 5.41) is 8.57. The lowest BCUT2D eigenvalue weighted by atomic mass is 10.1. The first kappa shape index (κ1) is 17.9. The predicted molar refractivity (Wildman–Crippen MR) is 94.5 cm³/mol. The predicted octanol–water partition coefficient (Wildman–Crippen LogP) is 4.39. The zero-order valence-corrected chi connectivity index (χ0v) is 14.7. The molecule has 24 heavy (non-hydrogen) atoms. The Morgan fingerprint density at radius 1 is 1.17 bits per heavy atom. The summed E-state index contributed by atoms with van der Waals surface area (Å²) in [6, 6.07) is 6.20. The Kier molecular flexibility index (Phi) is 5.51. The third kappa shape index (κ3) is 4.52. The second-order valence-corrected chi connectivity index (χ2v) is 5.97. The molecule has 7 heteroatoms. The van der Waals surface area contributed by atoms with Crippen LogP contribution in [0.5, 0.6) is 0 Å². The highest BCUT2D eigenvalue weighted by Gasteiger charge is 2.15. The van der Waals surface area contributed by atoms with Gasteiger partial charge < -0.3 is 20.4 Å². The van der Waals surface area contributed by atoms with Gasteiger partial charge in [-0.3, -0.25) is 4.79 Å². The molecule has 0 saturated heterocycles. The van der Waals surface area contributed by atoms with E-state index in [9.17, 15) is 9.59 Å². The fourth-order valence-corrected chi connectivity index (χ4v) is 2.58. The van der Waals surface area contributed by atoms with E-state index in [1.807, 2.05) is 26.8 Å². The highest BCUT2D eigenvalue weighted by Crippen LogP contribution is 2.26. The standard InChI is InChI=1S/C17H20ClN3O3/c1-9-7-14(11(3)24-9)10(2)19-17(23)21-13-5-6-15(18)16(8-13)20-12(4)22/h5-8,10H,1-4H3,(H,20,22)(H2,19,21,23)/t10-/m1/s1. The van der Waals surface area contributed by atoms with Crippen LogP contribution in [0.3, 0.4) is 0 Å². The Labute approximate surface area is 145 Å². The molecule has 0 aliphatic heterocycles. The molecule has 0 saturated carbocycles. The molecule has 0 spiro atoms. The summed E-state index contributed by atoms with van der Waals surface area (Å²) >= 11 is 6.01. The van der Waals surface area contributed by atoms with E-state index >= 15 is 0 Å². The van der Waals surface area contributed by atoms with Gasteiger partial charge >= 0.3 is 6.03 Å². The van der Waals surface area contributed by atoms with Crippen LogP contribution in [-0.2, 0) is 4.79 Å². The number of anilines is 2. The van der Waals surface area contributed by atoms with Gasteiger partial charge in [-0.25, -0.2) is 4.79 Å². The van der Waals surface area contributed by atoms with Crippen molar-refractivity contribution in [2.24, 2.45) is 0 Å². The third-order valence-electron chi connectivity index (χ3n) is 3.43. The summed E-state index contributed by atoms with van der Waals surface area (Å²) in [4.78, 5) is 23.3. The van der Waals surface area contributed by atoms with Crippen molar-refractivity contribution in [1.82, 2.24) is 5.32 Å². The van der Waals surface area contributed by atoms with E-state index in [4.69, 9.17) is 16.0 Å². The number of nitrogens with one attached hydrogen (secondary N) is 3. The topological polar surface area (TPSA) is 83.4 Å². The number of rotatable bonds is 4. The molecule has 0 bridgehead atoms. The summed E-state index contributed by atoms with van der Waals surface area (Å²) in [6.45, 7) is 6.99. The van der Waals surface area contributed by atoms with Crippen molar-refractivity contribution in [3.63, 3.8) is 0 Å². The van der Waals surface area contributed by atoms with Gasteiger partial charge in [-0.2, -0.15) is 0 Å². The van der Waals surface area contributed by atoms with Crippen molar-refractivity contribution in [2.45, 2.75) is 33.7 Å². The maximum Gasteiger partial charge on any atom is 0.319 e. The summed E-state index contributed by atoms with van der Waals surface area (Å²) < 4.78 is 5.47. The van der Waals surface area contributed by atoms with Crippen LogP contribution in [0, 0.1) is 13.8 Å². The van der Waals surface area contributed by atoms with Crippen molar-refractivity contribution >= 4 is 34.9 Å². The molecule has 2 aromatic rings. The van der Waals surface area contributed by atoms with Crippen molar-refractivity contribution in [2.75, 3.05) is 10.6 Å². The average molecular weight is 350 g/mol. The van der Waals surface area contributed by atoms with E-state index in [1.54, 1.807) is 18.2 Å². The first-order valence-corrected chi connectivity index (χ1v) is 7.85. The minimum atomic E-state index is -0.364. The first-order chi connectivity index (χ1) is 11.3. The van der Waals surface area contributed by atoms with Gasteiger partial charge in [-0.05, 0) is 45.0 Å². The van der Waals surface area contributed by atoms with Crippen LogP contribution in [0.1, 0.15) is 37.0 Å². The number of carbonyl (C=O) groups is 2. The van der Waals surface area contributed by atoms with Crippen LogP contribution in [0.2, 0.25) is 5.02 Å². The third-order valence-corrected chi connectivity index (χ3v) is 3.76. The zero-order valence-electron chi connectivity index (χ0n) is 14.0. The van der Waals surface area contributed by atoms with Gasteiger partial charge in [0.1, 0.15) is 11.5 Å². The van der Waals surface area contributed by atoms with Gasteiger partial charge in [-0.15, -0.1) is 0 Å². The molecule has 1 atom stereocenters. The lowest BCUT2D eigenvalue weighted by Crippen LogP contribution is -2.31. The van der Waals surface area contributed by atoms with E-state index in [0.29, 0.717) is 16.4 Å². The van der Waals surface area contributed by atoms with Crippen LogP contribution < -0.4 is 16.0 Å². The average Bonchev–Trinajstić information content (AvgIpc) is 2.81. The number of hydrogen-bond acceptors (Lipinski definition) is 3. The first-order valence-electron chi connectivity index (χ1n) is 7.48. The smallest absolute Gasteiger partial charge is 0.319 e. The van der Waals surface area contributed by atoms with Gasteiger partial charge in [0.15, 0.2) is 0 Å². The number of benzene rings is 1. The second-order valence-electron chi connectivity index (χ2n) is 5.56. The zero-order chi connectivity index (χ0) is 17.9. The maximum absolute atomic E-state index is 12.2. The van der Waals surface area contributed by atoms with Crippen molar-refractivity contribution in [1.29, 1.82) is 0 Å². The van der Waals surface area contributed by atoms with E-state index in [-0.39, 0.29) is 18.0 Å². The van der Waals surface area contributed by atoms with Crippen LogP contribution in [0.25, 0.3) is 0 Å². The van der Waals surface area contributed by atoms with Gasteiger partial charge in [-0.1, -0.05) is 11.6 Å². The van der Waals surface area contributed by atoms with Crippen molar-refractivity contribution in [3.8, 4) is 0 Å². The summed E-state index contributed by atoms with van der Waals surface area (Å²) in [7, 11) is 0. The number of aryl methyl sites for hydroxylation is 2. The van der Waals surface area contributed by atoms with E-state index in [0.717, 1.165) is 17.1 Å². The molecule has 1 heterocycles. The molecule has 1 aromatic carbocycles. The molecule has 0 aliphatic rings. The molecule has 0 aliphatic carbocycles. The van der Waals surface area contributed by atoms with E-state index in [2.05, 4.69) is 16.0 Å². The van der Waals surface area contributed by atoms with Crippen LogP contribution in [0.15, 0.2) is 28.7 Å². The fraction of sp³-hybridized carbons (Fsp3) is 0.294. The van der Waals surface area contributed by atoms with E-state index in [1.165, 1.54) is 6.92 Å². The van der Waals surface area contributed by atoms with Gasteiger partial charge in [0.25, 0.3) is 0 Å². The second kappa shape index (κ2) is 7.40. The number of halogens is 1. The molecule has 6 nitrogen and oxygen atoms in total. The van der Waals surface area contributed by atoms with Gasteiger partial charge in [0, 0.05) is 18.2 Å². The number of amides is 3. The Balaban J connectivity index is 2.04. The normalized spacial score (nSPS) is 11.7. The molecule has 0 fully saturated rings. The molecular weight excluding hydrogens is 330 g/mol. The van der Waals surface area contributed by atoms with Crippen LogP contribution >= 0.6 is 11.6 Å². The van der Waals surface area contributed by atoms with Crippen LogP contribution in [0.4, 0.5) is 16.2 Å². The van der Waals surface area contributed by atoms with Gasteiger partial charge in [0.05, 0.1) is 16.8 Å². The van der Waals surface area contributed by atoms with Crippen molar-refractivity contribution < 1.29 is 14.0 Å². The summed E-state index contributed by atoms with van der Waals surface area (Å²) in [5.74, 6) is 1.34. The Bertz CT molecular complexity index is 770. The number of hydrogen-bond donors (Lipinski definition) is 3.